The van der Waals surface area contributed by atoms with Crippen molar-refractivity contribution < 1.29 is 4.74 Å². The minimum Gasteiger partial charge on any atom is -0.437 e. The normalized spacial score (nSPS) is 10.3. The highest BCUT2D eigenvalue weighted by molar-refractivity contribution is 5.55. The molecular formula is C15H18N4O. The zero-order chi connectivity index (χ0) is 14.7. The van der Waals surface area contributed by atoms with E-state index in [1.807, 2.05) is 13.0 Å². The Morgan fingerprint density at radius 2 is 2.20 bits per heavy atom. The van der Waals surface area contributed by atoms with Crippen molar-refractivity contribution in [2.24, 2.45) is 7.05 Å². The van der Waals surface area contributed by atoms with E-state index in [1.165, 1.54) is 0 Å². The van der Waals surface area contributed by atoms with Gasteiger partial charge in [0.15, 0.2) is 0 Å². The van der Waals surface area contributed by atoms with Crippen LogP contribution in [0, 0.1) is 18.3 Å². The quantitative estimate of drug-likeness (QED) is 0.926. The summed E-state index contributed by atoms with van der Waals surface area (Å²) in [5.74, 6) is 1.15. The Morgan fingerprint density at radius 1 is 1.45 bits per heavy atom. The Morgan fingerprint density at radius 3 is 2.85 bits per heavy atom. The lowest BCUT2D eigenvalue weighted by Crippen LogP contribution is -1.98. The highest BCUT2D eigenvalue weighted by atomic mass is 16.5. The number of benzene rings is 1. The second-order valence-electron chi connectivity index (χ2n) is 4.73. The van der Waals surface area contributed by atoms with Gasteiger partial charge in [-0.2, -0.15) is 10.4 Å². The van der Waals surface area contributed by atoms with E-state index in [4.69, 9.17) is 15.7 Å². The largest absolute Gasteiger partial charge is 0.437 e. The van der Waals surface area contributed by atoms with Crippen LogP contribution in [0.25, 0.3) is 0 Å². The Labute approximate surface area is 118 Å². The molecule has 0 unspecified atom stereocenters. The summed E-state index contributed by atoms with van der Waals surface area (Å²) in [6.45, 7) is 4.01. The van der Waals surface area contributed by atoms with Crippen LogP contribution in [0.5, 0.6) is 11.6 Å². The van der Waals surface area contributed by atoms with Crippen LogP contribution in [0.2, 0.25) is 0 Å². The molecule has 2 N–H and O–H groups in total. The average Bonchev–Trinajstić information content (AvgIpc) is 2.69. The number of aromatic nitrogens is 2. The third-order valence-electron chi connectivity index (χ3n) is 3.12. The van der Waals surface area contributed by atoms with Crippen molar-refractivity contribution in [3.05, 3.63) is 35.0 Å². The summed E-state index contributed by atoms with van der Waals surface area (Å²) in [6, 6.07) is 7.43. The molecule has 0 aliphatic rings. The van der Waals surface area contributed by atoms with Gasteiger partial charge < -0.3 is 10.5 Å². The third-order valence-corrected chi connectivity index (χ3v) is 3.12. The number of ether oxygens (including phenoxy) is 1. The molecule has 0 spiro atoms. The Kier molecular flexibility index (Phi) is 3.94. The Bertz CT molecular complexity index is 667. The zero-order valence-electron chi connectivity index (χ0n) is 12.0. The first-order valence-electron chi connectivity index (χ1n) is 6.56. The van der Waals surface area contributed by atoms with Crippen molar-refractivity contribution in [1.82, 2.24) is 9.78 Å². The van der Waals surface area contributed by atoms with Crippen LogP contribution in [0.4, 0.5) is 5.69 Å². The predicted octanol–water partition coefficient (Wildman–Crippen LogP) is 2.93. The summed E-state index contributed by atoms with van der Waals surface area (Å²) in [7, 11) is 1.80. The van der Waals surface area contributed by atoms with Crippen LogP contribution < -0.4 is 10.5 Å². The van der Waals surface area contributed by atoms with Crippen LogP contribution in [-0.2, 0) is 13.5 Å². The van der Waals surface area contributed by atoms with Gasteiger partial charge in [-0.3, -0.25) is 0 Å². The second kappa shape index (κ2) is 5.66. The molecule has 0 radical (unpaired) electrons. The molecule has 0 amide bonds. The van der Waals surface area contributed by atoms with Crippen LogP contribution >= 0.6 is 0 Å². The predicted molar refractivity (Wildman–Crippen MR) is 77.6 cm³/mol. The summed E-state index contributed by atoms with van der Waals surface area (Å²) < 4.78 is 7.50. The SMILES string of the molecule is CCCc1nn(C)c(Oc2cc(C#N)ccc2C)c1N. The maximum Gasteiger partial charge on any atom is 0.241 e. The molecule has 1 aromatic heterocycles. The zero-order valence-corrected chi connectivity index (χ0v) is 12.0. The van der Waals surface area contributed by atoms with Crippen molar-refractivity contribution >= 4 is 5.69 Å². The van der Waals surface area contributed by atoms with Gasteiger partial charge in [-0.25, -0.2) is 4.68 Å². The number of aryl methyl sites for hydroxylation is 3. The van der Waals surface area contributed by atoms with E-state index in [2.05, 4.69) is 18.1 Å². The molecule has 2 rings (SSSR count). The summed E-state index contributed by atoms with van der Waals surface area (Å²) >= 11 is 0. The molecule has 104 valence electrons. The van der Waals surface area contributed by atoms with Crippen LogP contribution in [0.1, 0.15) is 30.2 Å². The first kappa shape index (κ1) is 13.9. The molecular weight excluding hydrogens is 252 g/mol. The Balaban J connectivity index is 2.38. The lowest BCUT2D eigenvalue weighted by atomic mass is 10.1. The number of anilines is 1. The minimum atomic E-state index is 0.520. The third kappa shape index (κ3) is 2.59. The number of nitriles is 1. The van der Waals surface area contributed by atoms with Crippen molar-refractivity contribution in [3.63, 3.8) is 0 Å². The molecule has 0 aliphatic heterocycles. The molecule has 0 atom stereocenters. The van der Waals surface area contributed by atoms with E-state index in [9.17, 15) is 0 Å². The molecule has 5 nitrogen and oxygen atoms in total. The molecule has 0 aliphatic carbocycles. The lowest BCUT2D eigenvalue weighted by Gasteiger charge is -2.09. The first-order valence-corrected chi connectivity index (χ1v) is 6.56. The van der Waals surface area contributed by atoms with E-state index < -0.39 is 0 Å². The van der Waals surface area contributed by atoms with Gasteiger partial charge in [-0.05, 0) is 31.0 Å². The van der Waals surface area contributed by atoms with Gasteiger partial charge in [0, 0.05) is 7.05 Å². The molecule has 20 heavy (non-hydrogen) atoms. The maximum absolute atomic E-state index is 8.95. The molecule has 5 heteroatoms. The summed E-state index contributed by atoms with van der Waals surface area (Å²) in [5, 5.41) is 13.3. The number of hydrogen-bond donors (Lipinski definition) is 1. The summed E-state index contributed by atoms with van der Waals surface area (Å²) in [4.78, 5) is 0. The fraction of sp³-hybridized carbons (Fsp3) is 0.333. The average molecular weight is 270 g/mol. The van der Waals surface area contributed by atoms with Gasteiger partial charge in [0.2, 0.25) is 5.88 Å². The molecule has 2 aromatic rings. The number of nitrogen functional groups attached to an aromatic ring is 1. The smallest absolute Gasteiger partial charge is 0.241 e. The van der Waals surface area contributed by atoms with Crippen molar-refractivity contribution in [3.8, 4) is 17.7 Å². The Hall–Kier alpha value is -2.48. The highest BCUT2D eigenvalue weighted by Gasteiger charge is 2.15. The van der Waals surface area contributed by atoms with E-state index in [0.29, 0.717) is 22.9 Å². The van der Waals surface area contributed by atoms with E-state index in [0.717, 1.165) is 24.1 Å². The van der Waals surface area contributed by atoms with E-state index in [-0.39, 0.29) is 0 Å². The van der Waals surface area contributed by atoms with Crippen molar-refractivity contribution in [2.45, 2.75) is 26.7 Å². The summed E-state index contributed by atoms with van der Waals surface area (Å²) in [5.41, 5.74) is 9.00. The van der Waals surface area contributed by atoms with Crippen LogP contribution in [-0.4, -0.2) is 9.78 Å². The number of rotatable bonds is 4. The van der Waals surface area contributed by atoms with Gasteiger partial charge in [0.05, 0.1) is 17.3 Å². The van der Waals surface area contributed by atoms with Crippen molar-refractivity contribution in [1.29, 1.82) is 5.26 Å². The van der Waals surface area contributed by atoms with Gasteiger partial charge in [0.25, 0.3) is 0 Å². The molecule has 0 saturated carbocycles. The van der Waals surface area contributed by atoms with Gasteiger partial charge >= 0.3 is 0 Å². The number of nitrogens with zero attached hydrogens (tertiary/aromatic N) is 3. The second-order valence-corrected chi connectivity index (χ2v) is 4.73. The first-order chi connectivity index (χ1) is 9.56. The molecule has 1 aromatic carbocycles. The van der Waals surface area contributed by atoms with E-state index >= 15 is 0 Å². The molecule has 0 saturated heterocycles. The fourth-order valence-electron chi connectivity index (χ4n) is 2.00. The monoisotopic (exact) mass is 270 g/mol. The standard InChI is InChI=1S/C15H18N4O/c1-4-5-12-14(17)15(19(3)18-12)20-13-8-11(9-16)7-6-10(13)2/h6-8H,4-5,17H2,1-3H3. The van der Waals surface area contributed by atoms with Gasteiger partial charge in [-0.15, -0.1) is 0 Å². The lowest BCUT2D eigenvalue weighted by molar-refractivity contribution is 0.429. The minimum absolute atomic E-state index is 0.520. The summed E-state index contributed by atoms with van der Waals surface area (Å²) in [6.07, 6.45) is 1.80. The molecule has 1 heterocycles. The molecule has 0 fully saturated rings. The van der Waals surface area contributed by atoms with Gasteiger partial charge in [0.1, 0.15) is 11.4 Å². The number of hydrogen-bond acceptors (Lipinski definition) is 4. The highest BCUT2D eigenvalue weighted by Crippen LogP contribution is 2.32. The van der Waals surface area contributed by atoms with Gasteiger partial charge in [-0.1, -0.05) is 19.4 Å². The maximum atomic E-state index is 8.95. The van der Waals surface area contributed by atoms with Crippen molar-refractivity contribution in [2.75, 3.05) is 5.73 Å². The fourth-order valence-corrected chi connectivity index (χ4v) is 2.00. The van der Waals surface area contributed by atoms with E-state index in [1.54, 1.807) is 23.9 Å². The van der Waals surface area contributed by atoms with Crippen LogP contribution in [0.15, 0.2) is 18.2 Å². The molecule has 0 bridgehead atoms. The van der Waals surface area contributed by atoms with Crippen LogP contribution in [0.3, 0.4) is 0 Å². The number of nitrogens with two attached hydrogens (primary N) is 1. The topological polar surface area (TPSA) is 76.9 Å².